The normalized spacial score (nSPS) is 12.1. The highest BCUT2D eigenvalue weighted by molar-refractivity contribution is 7.27. The van der Waals surface area contributed by atoms with Crippen molar-refractivity contribution in [1.29, 1.82) is 0 Å². The van der Waals surface area contributed by atoms with Crippen LogP contribution in [0.2, 0.25) is 0 Å². The van der Waals surface area contributed by atoms with E-state index in [1.807, 2.05) is 23.6 Å². The minimum absolute atomic E-state index is 1.00. The van der Waals surface area contributed by atoms with E-state index >= 15 is 0 Å². The zero-order valence-corrected chi connectivity index (χ0v) is 32.0. The average Bonchev–Trinajstić information content (AvgIpc) is 3.86. The molecular weight excluding hydrogens is 723 g/mol. The number of benzene rings is 9. The molecule has 0 bridgehead atoms. The van der Waals surface area contributed by atoms with E-state index in [4.69, 9.17) is 9.97 Å². The highest BCUT2D eigenvalue weighted by Gasteiger charge is 2.20. The van der Waals surface area contributed by atoms with Gasteiger partial charge in [0.2, 0.25) is 0 Å². The molecule has 4 heteroatoms. The van der Waals surface area contributed by atoms with Gasteiger partial charge in [0.15, 0.2) is 5.65 Å². The number of hydrogen-bond donors (Lipinski definition) is 0. The van der Waals surface area contributed by atoms with Gasteiger partial charge in [0.25, 0.3) is 0 Å². The molecule has 0 saturated carbocycles. The third-order valence-electron chi connectivity index (χ3n) is 12.2. The van der Waals surface area contributed by atoms with Gasteiger partial charge in [0, 0.05) is 32.4 Å². The highest BCUT2D eigenvalue weighted by Crippen LogP contribution is 2.44. The first-order valence-electron chi connectivity index (χ1n) is 19.7. The Kier molecular flexibility index (Phi) is 6.60. The van der Waals surface area contributed by atoms with E-state index in [1.165, 1.54) is 85.5 Å². The Labute approximate surface area is 336 Å². The smallest absolute Gasteiger partial charge is 0.156 e. The molecule has 0 atom stereocenters. The summed E-state index contributed by atoms with van der Waals surface area (Å²) < 4.78 is 4.92. The van der Waals surface area contributed by atoms with Crippen LogP contribution in [0.25, 0.3) is 124 Å². The standard InChI is InChI=1S/C54H31N3S/c1-2-9-39-28-41-30-50-48(29-40(41)27-38(39)8-1)56-54-53-47(46-25-22-34-7-3-4-11-43(34)52(46)58-53)31-49(57(50)54)36-20-16-33(17-21-36)32-14-18-35(19-15-32)42-12-5-13-45-44(42)24-23-37-10-6-26-55-51(37)45/h1-31H. The van der Waals surface area contributed by atoms with Gasteiger partial charge in [-0.3, -0.25) is 9.38 Å². The molecule has 0 N–H and O–H groups in total. The van der Waals surface area contributed by atoms with Crippen LogP contribution in [0.5, 0.6) is 0 Å². The summed E-state index contributed by atoms with van der Waals surface area (Å²) in [4.78, 5) is 10.1. The maximum atomic E-state index is 5.44. The van der Waals surface area contributed by atoms with Crippen LogP contribution in [-0.2, 0) is 0 Å². The fourth-order valence-corrected chi connectivity index (χ4v) is 10.6. The Morgan fingerprint density at radius 2 is 1.05 bits per heavy atom. The van der Waals surface area contributed by atoms with Gasteiger partial charge in [0.1, 0.15) is 0 Å². The Morgan fingerprint density at radius 3 is 1.86 bits per heavy atom. The molecule has 58 heavy (non-hydrogen) atoms. The summed E-state index contributed by atoms with van der Waals surface area (Å²) in [7, 11) is 0. The lowest BCUT2D eigenvalue weighted by molar-refractivity contribution is 1.25. The quantitative estimate of drug-likeness (QED) is 0.133. The maximum absolute atomic E-state index is 5.44. The van der Waals surface area contributed by atoms with Crippen molar-refractivity contribution in [3.8, 4) is 33.5 Å². The maximum Gasteiger partial charge on any atom is 0.156 e. The molecule has 0 aliphatic rings. The van der Waals surface area contributed by atoms with Crippen LogP contribution in [0.15, 0.2) is 188 Å². The number of hydrogen-bond acceptors (Lipinski definition) is 3. The molecule has 9 aromatic carbocycles. The van der Waals surface area contributed by atoms with E-state index in [1.54, 1.807) is 0 Å². The van der Waals surface area contributed by atoms with Crippen LogP contribution < -0.4 is 0 Å². The van der Waals surface area contributed by atoms with Crippen molar-refractivity contribution in [3.05, 3.63) is 188 Å². The molecule has 0 aliphatic carbocycles. The molecule has 268 valence electrons. The summed E-state index contributed by atoms with van der Waals surface area (Å²) in [5.74, 6) is 0. The molecule has 0 fully saturated rings. The fraction of sp³-hybridized carbons (Fsp3) is 0. The molecule has 4 aromatic heterocycles. The molecule has 3 nitrogen and oxygen atoms in total. The molecule has 0 unspecified atom stereocenters. The zero-order valence-electron chi connectivity index (χ0n) is 31.1. The Balaban J connectivity index is 0.969. The van der Waals surface area contributed by atoms with E-state index in [0.717, 1.165) is 38.8 Å². The summed E-state index contributed by atoms with van der Waals surface area (Å²) in [6, 6.07) is 66.6. The molecule has 4 heterocycles. The van der Waals surface area contributed by atoms with Crippen molar-refractivity contribution in [2.24, 2.45) is 0 Å². The first-order valence-corrected chi connectivity index (χ1v) is 20.5. The van der Waals surface area contributed by atoms with Crippen LogP contribution in [0.3, 0.4) is 0 Å². The number of fused-ring (bicyclic) bond motifs is 14. The Bertz CT molecular complexity index is 3840. The molecule has 0 amide bonds. The van der Waals surface area contributed by atoms with Crippen LogP contribution in [-0.4, -0.2) is 14.4 Å². The van der Waals surface area contributed by atoms with E-state index in [0.29, 0.717) is 0 Å². The van der Waals surface area contributed by atoms with Gasteiger partial charge in [-0.25, -0.2) is 4.98 Å². The first-order chi connectivity index (χ1) is 28.7. The second kappa shape index (κ2) is 12.1. The summed E-state index contributed by atoms with van der Waals surface area (Å²) in [6.45, 7) is 0. The van der Waals surface area contributed by atoms with Crippen molar-refractivity contribution in [2.75, 3.05) is 0 Å². The van der Waals surface area contributed by atoms with Gasteiger partial charge >= 0.3 is 0 Å². The van der Waals surface area contributed by atoms with Gasteiger partial charge in [-0.1, -0.05) is 146 Å². The minimum Gasteiger partial charge on any atom is -0.291 e. The van der Waals surface area contributed by atoms with Gasteiger partial charge < -0.3 is 0 Å². The SMILES string of the molecule is c1ccc2cc3cc4c(cc3cc2c1)nc1c2sc3c5ccccc5ccc3c2cc(-c2ccc(-c3ccc(-c5cccc6c5ccc5cccnc56)cc3)cc2)n41. The number of thiophene rings is 1. The topological polar surface area (TPSA) is 30.2 Å². The summed E-state index contributed by atoms with van der Waals surface area (Å²) in [6.07, 6.45) is 1.88. The van der Waals surface area contributed by atoms with Gasteiger partial charge in [-0.05, 0) is 102 Å². The van der Waals surface area contributed by atoms with Crippen molar-refractivity contribution < 1.29 is 0 Å². The van der Waals surface area contributed by atoms with E-state index in [9.17, 15) is 0 Å². The lowest BCUT2D eigenvalue weighted by Gasteiger charge is -2.12. The Morgan fingerprint density at radius 1 is 0.397 bits per heavy atom. The molecule has 0 saturated heterocycles. The average molecular weight is 754 g/mol. The largest absolute Gasteiger partial charge is 0.291 e. The van der Waals surface area contributed by atoms with E-state index in [2.05, 4.69) is 180 Å². The lowest BCUT2D eigenvalue weighted by atomic mass is 9.94. The number of nitrogens with zero attached hydrogens (tertiary/aromatic N) is 3. The van der Waals surface area contributed by atoms with Crippen LogP contribution >= 0.6 is 11.3 Å². The van der Waals surface area contributed by atoms with Crippen LogP contribution in [0.1, 0.15) is 0 Å². The zero-order chi connectivity index (χ0) is 37.9. The molecular formula is C54H31N3S. The predicted octanol–water partition coefficient (Wildman–Crippen LogP) is 15.0. The summed E-state index contributed by atoms with van der Waals surface area (Å²) in [5.41, 5.74) is 11.2. The number of rotatable bonds is 3. The monoisotopic (exact) mass is 753 g/mol. The van der Waals surface area contributed by atoms with Crippen molar-refractivity contribution >= 4 is 102 Å². The van der Waals surface area contributed by atoms with Crippen LogP contribution in [0, 0.1) is 0 Å². The summed E-state index contributed by atoms with van der Waals surface area (Å²) >= 11 is 1.86. The van der Waals surface area contributed by atoms with Gasteiger partial charge in [-0.15, -0.1) is 11.3 Å². The second-order valence-electron chi connectivity index (χ2n) is 15.4. The molecule has 13 aromatic rings. The molecule has 0 aliphatic heterocycles. The second-order valence-corrected chi connectivity index (χ2v) is 16.4. The number of aromatic nitrogens is 3. The highest BCUT2D eigenvalue weighted by atomic mass is 32.1. The first kappa shape index (κ1) is 31.8. The molecule has 0 radical (unpaired) electrons. The lowest BCUT2D eigenvalue weighted by Crippen LogP contribution is -1.93. The van der Waals surface area contributed by atoms with Gasteiger partial charge in [-0.2, -0.15) is 0 Å². The van der Waals surface area contributed by atoms with Crippen molar-refractivity contribution in [1.82, 2.24) is 14.4 Å². The predicted molar refractivity (Wildman–Crippen MR) is 247 cm³/mol. The van der Waals surface area contributed by atoms with Crippen molar-refractivity contribution in [2.45, 2.75) is 0 Å². The van der Waals surface area contributed by atoms with E-state index in [-0.39, 0.29) is 0 Å². The van der Waals surface area contributed by atoms with E-state index < -0.39 is 0 Å². The Hall–Kier alpha value is -7.40. The fourth-order valence-electron chi connectivity index (χ4n) is 9.31. The third-order valence-corrected chi connectivity index (χ3v) is 13.4. The van der Waals surface area contributed by atoms with Crippen LogP contribution in [0.4, 0.5) is 0 Å². The minimum atomic E-state index is 1.00. The number of pyridine rings is 2. The van der Waals surface area contributed by atoms with Crippen molar-refractivity contribution in [3.63, 3.8) is 0 Å². The summed E-state index contributed by atoms with van der Waals surface area (Å²) in [5, 5.41) is 13.5. The third kappa shape index (κ3) is 4.67. The number of imidazole rings is 1. The molecule has 0 spiro atoms. The van der Waals surface area contributed by atoms with Gasteiger partial charge in [0.05, 0.1) is 26.9 Å². The molecule has 13 rings (SSSR count).